The number of benzene rings is 2. The van der Waals surface area contributed by atoms with Gasteiger partial charge in [0.1, 0.15) is 6.79 Å². The fourth-order valence-electron chi connectivity index (χ4n) is 7.80. The number of unbranched alkanes of at least 4 members (excludes halogenated alkanes) is 3. The van der Waals surface area contributed by atoms with Crippen LogP contribution in [-0.2, 0) is 35.8 Å². The maximum absolute atomic E-state index is 12.1. The van der Waals surface area contributed by atoms with Crippen LogP contribution in [0.3, 0.4) is 0 Å². The van der Waals surface area contributed by atoms with Crippen molar-refractivity contribution in [2.45, 2.75) is 92.9 Å². The Hall–Kier alpha value is -4.04. The minimum Gasteiger partial charge on any atom is -0.371 e. The molecule has 0 spiro atoms. The molecule has 12 heteroatoms. The molecule has 2 aromatic rings. The molecule has 1 unspecified atom stereocenters. The summed E-state index contributed by atoms with van der Waals surface area (Å²) in [4.78, 5) is 4.28. The molecular weight excluding hydrogens is 737 g/mol. The van der Waals surface area contributed by atoms with Crippen LogP contribution < -0.4 is 9.80 Å². The number of hydrogen-bond acceptors (Lipinski definition) is 8. The standard InChI is InChI=1S/C43H54N2O8S2/c1-42(2)36-30-34(54(47,48)49)23-25-38(36)44(27-15-8-9-16-29-53-32-46)40(42)21-13-10-14-22-41-43(3,4)37-31-35(55(50,51)52)24-26-39(37)45(41)28-17-20-33-18-11-6-5-7-12-19-33/h5-7,10-14,18-19,21-26,30-31,41,46H,8-9,15-17,20,27-29,32H2,1-4H3,(H,47,48,49)(H,50,51,52). The van der Waals surface area contributed by atoms with E-state index in [0.717, 1.165) is 73.3 Å². The highest BCUT2D eigenvalue weighted by Gasteiger charge is 2.44. The van der Waals surface area contributed by atoms with Gasteiger partial charge in [-0.15, -0.1) is 0 Å². The zero-order chi connectivity index (χ0) is 39.9. The normalized spacial score (nSPS) is 19.7. The van der Waals surface area contributed by atoms with Gasteiger partial charge in [0.2, 0.25) is 0 Å². The lowest BCUT2D eigenvalue weighted by Gasteiger charge is -2.32. The Morgan fingerprint density at radius 2 is 1.40 bits per heavy atom. The van der Waals surface area contributed by atoms with Crippen molar-refractivity contribution in [3.05, 3.63) is 132 Å². The molecule has 55 heavy (non-hydrogen) atoms. The molecule has 0 amide bonds. The van der Waals surface area contributed by atoms with E-state index in [0.29, 0.717) is 13.2 Å². The summed E-state index contributed by atoms with van der Waals surface area (Å²) < 4.78 is 73.1. The van der Waals surface area contributed by atoms with Crippen LogP contribution in [0, 0.1) is 0 Å². The van der Waals surface area contributed by atoms with Gasteiger partial charge in [-0.2, -0.15) is 16.8 Å². The lowest BCUT2D eigenvalue weighted by molar-refractivity contribution is -0.00282. The van der Waals surface area contributed by atoms with Gasteiger partial charge in [0, 0.05) is 47.6 Å². The molecule has 3 aliphatic rings. The molecule has 1 aliphatic carbocycles. The highest BCUT2D eigenvalue weighted by molar-refractivity contribution is 7.86. The topological polar surface area (TPSA) is 145 Å². The monoisotopic (exact) mass is 790 g/mol. The van der Waals surface area contributed by atoms with Crippen LogP contribution in [0.15, 0.2) is 130 Å². The van der Waals surface area contributed by atoms with Crippen LogP contribution in [-0.4, -0.2) is 63.6 Å². The number of aliphatic hydroxyl groups is 1. The molecule has 3 N–H and O–H groups in total. The molecule has 2 heterocycles. The molecule has 2 aromatic carbocycles. The van der Waals surface area contributed by atoms with Gasteiger partial charge in [-0.3, -0.25) is 9.11 Å². The average Bonchev–Trinajstić information content (AvgIpc) is 3.45. The predicted octanol–water partition coefficient (Wildman–Crippen LogP) is 8.36. The van der Waals surface area contributed by atoms with Crippen LogP contribution >= 0.6 is 0 Å². The Labute approximate surface area is 327 Å². The molecule has 1 atom stereocenters. The minimum atomic E-state index is -4.38. The summed E-state index contributed by atoms with van der Waals surface area (Å²) in [6.07, 6.45) is 29.8. The average molecular weight is 791 g/mol. The predicted molar refractivity (Wildman–Crippen MR) is 220 cm³/mol. The number of nitrogens with zero attached hydrogens (tertiary/aromatic N) is 2. The van der Waals surface area contributed by atoms with Crippen LogP contribution in [0.2, 0.25) is 0 Å². The van der Waals surface area contributed by atoms with Gasteiger partial charge in [0.25, 0.3) is 20.2 Å². The zero-order valence-electron chi connectivity index (χ0n) is 32.1. The van der Waals surface area contributed by atoms with Crippen molar-refractivity contribution < 1.29 is 35.8 Å². The van der Waals surface area contributed by atoms with Gasteiger partial charge in [-0.05, 0) is 84.9 Å². The van der Waals surface area contributed by atoms with Gasteiger partial charge in [0.15, 0.2) is 0 Å². The number of aliphatic hydroxyl groups excluding tert-OH is 1. The highest BCUT2D eigenvalue weighted by Crippen LogP contribution is 2.49. The third-order valence-corrected chi connectivity index (χ3v) is 12.4. The second-order valence-electron chi connectivity index (χ2n) is 15.2. The largest absolute Gasteiger partial charge is 0.371 e. The zero-order valence-corrected chi connectivity index (χ0v) is 33.8. The maximum Gasteiger partial charge on any atom is 0.294 e. The van der Waals surface area contributed by atoms with Gasteiger partial charge >= 0.3 is 0 Å². The van der Waals surface area contributed by atoms with Crippen molar-refractivity contribution in [2.24, 2.45) is 0 Å². The van der Waals surface area contributed by atoms with Gasteiger partial charge in [-0.1, -0.05) is 107 Å². The summed E-state index contributed by atoms with van der Waals surface area (Å²) in [5, 5.41) is 8.87. The first kappa shape index (κ1) is 42.1. The van der Waals surface area contributed by atoms with E-state index in [9.17, 15) is 25.9 Å². The van der Waals surface area contributed by atoms with Crippen LogP contribution in [0.25, 0.3) is 0 Å². The molecule has 5 rings (SSSR count). The Morgan fingerprint density at radius 3 is 2.11 bits per heavy atom. The Morgan fingerprint density at radius 1 is 0.745 bits per heavy atom. The quantitative estimate of drug-likeness (QED) is 0.0619. The Balaban J connectivity index is 1.40. The number of allylic oxidation sites excluding steroid dienone is 13. The van der Waals surface area contributed by atoms with Crippen LogP contribution in [0.1, 0.15) is 77.3 Å². The molecule has 2 aliphatic heterocycles. The lowest BCUT2D eigenvalue weighted by Crippen LogP contribution is -2.40. The number of fused-ring (bicyclic) bond motifs is 2. The summed E-state index contributed by atoms with van der Waals surface area (Å²) in [6.45, 7) is 9.96. The number of hydrogen-bond donors (Lipinski definition) is 3. The van der Waals surface area contributed by atoms with E-state index in [4.69, 9.17) is 9.84 Å². The third kappa shape index (κ3) is 10.0. The van der Waals surface area contributed by atoms with Gasteiger partial charge in [-0.25, -0.2) is 0 Å². The molecular formula is C43H54N2O8S2. The first-order valence-corrected chi connectivity index (χ1v) is 21.7. The van der Waals surface area contributed by atoms with E-state index in [1.807, 2.05) is 62.5 Å². The van der Waals surface area contributed by atoms with E-state index in [1.165, 1.54) is 17.7 Å². The van der Waals surface area contributed by atoms with Gasteiger partial charge in [0.05, 0.1) is 15.8 Å². The number of anilines is 2. The van der Waals surface area contributed by atoms with E-state index in [1.54, 1.807) is 24.3 Å². The summed E-state index contributed by atoms with van der Waals surface area (Å²) in [6, 6.07) is 9.51. The van der Waals surface area contributed by atoms with Crippen LogP contribution in [0.4, 0.5) is 11.4 Å². The van der Waals surface area contributed by atoms with Crippen molar-refractivity contribution in [1.82, 2.24) is 0 Å². The molecule has 0 aromatic heterocycles. The molecule has 0 bridgehead atoms. The van der Waals surface area contributed by atoms with Crippen molar-refractivity contribution >= 4 is 31.6 Å². The van der Waals surface area contributed by atoms with Gasteiger partial charge < -0.3 is 19.6 Å². The molecule has 0 saturated heterocycles. The van der Waals surface area contributed by atoms with Crippen molar-refractivity contribution in [2.75, 3.05) is 36.3 Å². The summed E-state index contributed by atoms with van der Waals surface area (Å²) >= 11 is 0. The molecule has 10 nitrogen and oxygen atoms in total. The smallest absolute Gasteiger partial charge is 0.294 e. The van der Waals surface area contributed by atoms with Crippen LogP contribution in [0.5, 0.6) is 0 Å². The molecule has 0 radical (unpaired) electrons. The van der Waals surface area contributed by atoms with Crippen molar-refractivity contribution in [3.63, 3.8) is 0 Å². The first-order chi connectivity index (χ1) is 26.1. The SMILES string of the molecule is CC1(C)C(=CC=CC=CC2N(CCCC3=CC=CC=CC=C3)c3ccc(S(=O)(=O)O)cc3C2(C)C)N(CCCCCCOCO)c2ccc(S(=O)(=O)O)cc21. The third-order valence-electron chi connectivity index (χ3n) is 10.7. The van der Waals surface area contributed by atoms with Crippen molar-refractivity contribution in [1.29, 1.82) is 0 Å². The summed E-state index contributed by atoms with van der Waals surface area (Å²) in [5.41, 5.74) is 4.70. The van der Waals surface area contributed by atoms with E-state index < -0.39 is 31.1 Å². The fourth-order valence-corrected chi connectivity index (χ4v) is 8.81. The first-order valence-electron chi connectivity index (χ1n) is 18.8. The molecule has 0 saturated carbocycles. The van der Waals surface area contributed by atoms with E-state index in [2.05, 4.69) is 48.0 Å². The van der Waals surface area contributed by atoms with Crippen molar-refractivity contribution in [3.8, 4) is 0 Å². The second-order valence-corrected chi connectivity index (χ2v) is 18.0. The number of rotatable bonds is 17. The minimum absolute atomic E-state index is 0.105. The fraction of sp³-hybridized carbons (Fsp3) is 0.395. The lowest BCUT2D eigenvalue weighted by atomic mass is 9.80. The summed E-state index contributed by atoms with van der Waals surface area (Å²) in [7, 11) is -8.76. The Bertz CT molecular complexity index is 2140. The maximum atomic E-state index is 12.1. The van der Waals surface area contributed by atoms with E-state index in [-0.39, 0.29) is 22.6 Å². The highest BCUT2D eigenvalue weighted by atomic mass is 32.2. The summed E-state index contributed by atoms with van der Waals surface area (Å²) in [5.74, 6) is 0. The molecule has 296 valence electrons. The molecule has 0 fully saturated rings. The number of ether oxygens (including phenoxy) is 1. The Kier molecular flexibility index (Phi) is 13.6. The second kappa shape index (κ2) is 17.8. The van der Waals surface area contributed by atoms with E-state index >= 15 is 0 Å².